The lowest BCUT2D eigenvalue weighted by Crippen LogP contribution is -2.66. The Hall–Kier alpha value is -2.05. The Morgan fingerprint density at radius 1 is 1.18 bits per heavy atom. The number of aliphatic hydroxyl groups is 2. The first-order valence-electron chi connectivity index (χ1n) is 12.3. The lowest BCUT2D eigenvalue weighted by Gasteiger charge is -2.62. The molecule has 0 spiro atoms. The summed E-state index contributed by atoms with van der Waals surface area (Å²) < 4.78 is 6.17. The number of hydrogen-bond acceptors (Lipinski definition) is 6. The summed E-state index contributed by atoms with van der Waals surface area (Å²) in [5.74, 6) is -0.625. The number of allylic oxidation sites excluding steroid dienone is 1. The van der Waals surface area contributed by atoms with E-state index in [0.717, 1.165) is 19.3 Å². The third-order valence-corrected chi connectivity index (χ3v) is 9.97. The quantitative estimate of drug-likeness (QED) is 0.533. The molecule has 3 saturated carbocycles. The van der Waals surface area contributed by atoms with Gasteiger partial charge in [-0.3, -0.25) is 9.78 Å². The fourth-order valence-corrected chi connectivity index (χ4v) is 8.06. The highest BCUT2D eigenvalue weighted by Crippen LogP contribution is 2.68. The van der Waals surface area contributed by atoms with E-state index in [1.54, 1.807) is 25.3 Å². The molecular formula is C27H35NO5. The van der Waals surface area contributed by atoms with Gasteiger partial charge in [-0.1, -0.05) is 25.5 Å². The summed E-state index contributed by atoms with van der Waals surface area (Å²) in [5, 5.41) is 22.7. The standard InChI is InChI=1S/C27H35NO5/c1-16(29)20-9-11-27(32)21-7-6-18-13-19(30)8-10-25(18,2)22(21)14-23(26(20,27)3)33-24(31)17-5-4-12-28-15-17/h4-6,12,15,19-23,30,32H,7-11,13-14H2,1-3H3. The SMILES string of the molecule is CC(=O)C1CCC2(O)C3CC=C4CC(O)CCC4(C)C3CC(OC(=O)c3cccnc3)C12C. The molecular weight excluding hydrogens is 418 g/mol. The highest BCUT2D eigenvalue weighted by Gasteiger charge is 2.71. The average molecular weight is 454 g/mol. The summed E-state index contributed by atoms with van der Waals surface area (Å²) in [6.07, 6.45) is 9.22. The zero-order valence-electron chi connectivity index (χ0n) is 19.8. The van der Waals surface area contributed by atoms with Crippen LogP contribution in [-0.4, -0.2) is 44.8 Å². The van der Waals surface area contributed by atoms with Crippen molar-refractivity contribution in [1.29, 1.82) is 0 Å². The number of aromatic nitrogens is 1. The lowest BCUT2D eigenvalue weighted by molar-refractivity contribution is -0.224. The maximum atomic E-state index is 13.1. The first kappa shape index (κ1) is 22.7. The van der Waals surface area contributed by atoms with Crippen molar-refractivity contribution in [3.8, 4) is 0 Å². The summed E-state index contributed by atoms with van der Waals surface area (Å²) in [7, 11) is 0. The summed E-state index contributed by atoms with van der Waals surface area (Å²) in [6.45, 7) is 5.82. The van der Waals surface area contributed by atoms with Crippen LogP contribution in [0, 0.1) is 28.6 Å². The van der Waals surface area contributed by atoms with Crippen LogP contribution in [0.1, 0.15) is 76.1 Å². The van der Waals surface area contributed by atoms with Gasteiger partial charge in [0, 0.05) is 23.7 Å². The monoisotopic (exact) mass is 453 g/mol. The van der Waals surface area contributed by atoms with Gasteiger partial charge in [0.1, 0.15) is 11.9 Å². The van der Waals surface area contributed by atoms with Crippen LogP contribution in [0.2, 0.25) is 0 Å². The van der Waals surface area contributed by atoms with Crippen molar-refractivity contribution in [3.63, 3.8) is 0 Å². The van der Waals surface area contributed by atoms with Crippen LogP contribution in [0.3, 0.4) is 0 Å². The fourth-order valence-electron chi connectivity index (χ4n) is 8.06. The van der Waals surface area contributed by atoms with Gasteiger partial charge >= 0.3 is 5.97 Å². The van der Waals surface area contributed by atoms with Gasteiger partial charge in [0.15, 0.2) is 0 Å². The molecule has 8 atom stereocenters. The molecule has 0 saturated heterocycles. The number of nitrogens with zero attached hydrogens (tertiary/aromatic N) is 1. The number of carbonyl (C=O) groups is 2. The van der Waals surface area contributed by atoms with Crippen molar-refractivity contribution < 1.29 is 24.5 Å². The molecule has 0 bridgehead atoms. The molecule has 4 aliphatic carbocycles. The van der Waals surface area contributed by atoms with Crippen LogP contribution >= 0.6 is 0 Å². The first-order valence-corrected chi connectivity index (χ1v) is 12.3. The van der Waals surface area contributed by atoms with Crippen molar-refractivity contribution in [2.75, 3.05) is 0 Å². The molecule has 33 heavy (non-hydrogen) atoms. The van der Waals surface area contributed by atoms with Crippen LogP contribution in [0.15, 0.2) is 36.2 Å². The number of aliphatic hydroxyl groups excluding tert-OH is 1. The third kappa shape index (κ3) is 3.17. The molecule has 4 aliphatic rings. The van der Waals surface area contributed by atoms with Gasteiger partial charge in [0.2, 0.25) is 0 Å². The molecule has 6 nitrogen and oxygen atoms in total. The highest BCUT2D eigenvalue weighted by atomic mass is 16.5. The molecule has 5 rings (SSSR count). The topological polar surface area (TPSA) is 96.7 Å². The molecule has 0 aromatic carbocycles. The molecule has 8 unspecified atom stereocenters. The number of ether oxygens (including phenoxy) is 1. The van der Waals surface area contributed by atoms with E-state index < -0.39 is 23.1 Å². The van der Waals surface area contributed by atoms with E-state index in [-0.39, 0.29) is 35.1 Å². The zero-order valence-corrected chi connectivity index (χ0v) is 19.8. The maximum absolute atomic E-state index is 13.1. The van der Waals surface area contributed by atoms with Crippen molar-refractivity contribution in [2.24, 2.45) is 28.6 Å². The molecule has 1 aromatic heterocycles. The lowest BCUT2D eigenvalue weighted by atomic mass is 9.45. The van der Waals surface area contributed by atoms with Crippen molar-refractivity contribution in [2.45, 2.75) is 83.5 Å². The summed E-state index contributed by atoms with van der Waals surface area (Å²) in [5.41, 5.74) is -0.429. The van der Waals surface area contributed by atoms with E-state index in [0.29, 0.717) is 31.2 Å². The normalized spacial score (nSPS) is 44.2. The Morgan fingerprint density at radius 2 is 1.97 bits per heavy atom. The van der Waals surface area contributed by atoms with Crippen LogP contribution in [0.5, 0.6) is 0 Å². The van der Waals surface area contributed by atoms with Gasteiger partial charge in [0.05, 0.1) is 17.3 Å². The highest BCUT2D eigenvalue weighted by molar-refractivity contribution is 5.89. The Morgan fingerprint density at radius 3 is 2.67 bits per heavy atom. The zero-order chi connectivity index (χ0) is 23.6. The molecule has 1 heterocycles. The van der Waals surface area contributed by atoms with Crippen LogP contribution < -0.4 is 0 Å². The largest absolute Gasteiger partial charge is 0.458 e. The Labute approximate surface area is 195 Å². The van der Waals surface area contributed by atoms with Crippen LogP contribution in [0.25, 0.3) is 0 Å². The van der Waals surface area contributed by atoms with E-state index in [1.165, 1.54) is 11.8 Å². The maximum Gasteiger partial charge on any atom is 0.339 e. The van der Waals surface area contributed by atoms with Gasteiger partial charge in [-0.2, -0.15) is 0 Å². The number of carbonyl (C=O) groups excluding carboxylic acids is 2. The molecule has 0 amide bonds. The number of esters is 1. The molecule has 1 aromatic rings. The van der Waals surface area contributed by atoms with Gasteiger partial charge in [-0.15, -0.1) is 0 Å². The van der Waals surface area contributed by atoms with E-state index in [9.17, 15) is 19.8 Å². The van der Waals surface area contributed by atoms with Crippen molar-refractivity contribution in [1.82, 2.24) is 4.98 Å². The van der Waals surface area contributed by atoms with E-state index in [2.05, 4.69) is 18.0 Å². The van der Waals surface area contributed by atoms with Gasteiger partial charge in [-0.05, 0) is 81.3 Å². The Balaban J connectivity index is 1.57. The predicted octanol–water partition coefficient (Wildman–Crippen LogP) is 3.86. The summed E-state index contributed by atoms with van der Waals surface area (Å²) in [6, 6.07) is 3.38. The van der Waals surface area contributed by atoms with Crippen molar-refractivity contribution >= 4 is 11.8 Å². The number of ketones is 1. The number of hydrogen-bond donors (Lipinski definition) is 2. The minimum absolute atomic E-state index is 0.00388. The average Bonchev–Trinajstić information content (AvgIpc) is 3.08. The molecule has 0 aliphatic heterocycles. The molecule has 0 radical (unpaired) electrons. The van der Waals surface area contributed by atoms with E-state index in [1.807, 2.05) is 6.92 Å². The summed E-state index contributed by atoms with van der Waals surface area (Å²) >= 11 is 0. The molecule has 6 heteroatoms. The van der Waals surface area contributed by atoms with Gasteiger partial charge in [-0.25, -0.2) is 4.79 Å². The second-order valence-corrected chi connectivity index (χ2v) is 11.3. The van der Waals surface area contributed by atoms with Gasteiger partial charge in [0.25, 0.3) is 0 Å². The molecule has 3 fully saturated rings. The smallest absolute Gasteiger partial charge is 0.339 e. The molecule has 178 valence electrons. The third-order valence-electron chi connectivity index (χ3n) is 9.97. The number of rotatable bonds is 3. The minimum atomic E-state index is -1.09. The number of Topliss-reactive ketones (excluding diaryl/α,β-unsaturated/α-hetero) is 1. The Bertz CT molecular complexity index is 991. The number of pyridine rings is 1. The van der Waals surface area contributed by atoms with Gasteiger partial charge < -0.3 is 14.9 Å². The van der Waals surface area contributed by atoms with Crippen molar-refractivity contribution in [3.05, 3.63) is 41.7 Å². The van der Waals surface area contributed by atoms with E-state index >= 15 is 0 Å². The second kappa shape index (κ2) is 7.74. The first-order chi connectivity index (χ1) is 15.6. The second-order valence-electron chi connectivity index (χ2n) is 11.3. The Kier molecular flexibility index (Phi) is 5.33. The number of fused-ring (bicyclic) bond motifs is 5. The fraction of sp³-hybridized carbons (Fsp3) is 0.667. The minimum Gasteiger partial charge on any atom is -0.458 e. The molecule has 2 N–H and O–H groups in total. The predicted molar refractivity (Wildman–Crippen MR) is 122 cm³/mol. The van der Waals surface area contributed by atoms with E-state index in [4.69, 9.17) is 4.74 Å². The summed E-state index contributed by atoms with van der Waals surface area (Å²) in [4.78, 5) is 29.9. The van der Waals surface area contributed by atoms with Crippen LogP contribution in [-0.2, 0) is 9.53 Å². The van der Waals surface area contributed by atoms with Crippen LogP contribution in [0.4, 0.5) is 0 Å².